The summed E-state index contributed by atoms with van der Waals surface area (Å²) in [6, 6.07) is 0. The number of ketones is 1. The van der Waals surface area contributed by atoms with Crippen molar-refractivity contribution in [1.82, 2.24) is 0 Å². The molecule has 0 radical (unpaired) electrons. The molecule has 0 bridgehead atoms. The summed E-state index contributed by atoms with van der Waals surface area (Å²) in [6.07, 6.45) is 11.0. The van der Waals surface area contributed by atoms with E-state index in [0.717, 1.165) is 44.1 Å². The summed E-state index contributed by atoms with van der Waals surface area (Å²) in [7, 11) is 0. The van der Waals surface area contributed by atoms with Gasteiger partial charge in [-0.1, -0.05) is 58.8 Å². The van der Waals surface area contributed by atoms with Crippen molar-refractivity contribution < 1.29 is 15.0 Å². The molecule has 4 aliphatic carbocycles. The Morgan fingerprint density at radius 1 is 1.12 bits per heavy atom. The van der Waals surface area contributed by atoms with Gasteiger partial charge in [-0.2, -0.15) is 0 Å². The lowest BCUT2D eigenvalue weighted by atomic mass is 9.43. The first kappa shape index (κ1) is 25.2. The van der Waals surface area contributed by atoms with Crippen molar-refractivity contribution in [2.24, 2.45) is 39.4 Å². The van der Waals surface area contributed by atoms with E-state index in [9.17, 15) is 15.0 Å². The van der Waals surface area contributed by atoms with Crippen LogP contribution in [0, 0.1) is 39.4 Å². The molecule has 0 aliphatic heterocycles. The first-order valence-electron chi connectivity index (χ1n) is 13.5. The van der Waals surface area contributed by atoms with Crippen LogP contribution in [0.1, 0.15) is 106 Å². The normalized spacial score (nSPS) is 43.7. The molecule has 3 heteroatoms. The van der Waals surface area contributed by atoms with E-state index in [0.29, 0.717) is 30.0 Å². The molecular weight excluding hydrogens is 408 g/mol. The van der Waals surface area contributed by atoms with E-state index in [1.807, 2.05) is 6.92 Å². The monoisotopic (exact) mass is 456 g/mol. The van der Waals surface area contributed by atoms with Crippen LogP contribution in [-0.2, 0) is 4.79 Å². The van der Waals surface area contributed by atoms with Gasteiger partial charge >= 0.3 is 0 Å². The maximum Gasteiger partial charge on any atom is 0.159 e. The third-order valence-electron chi connectivity index (χ3n) is 11.6. The van der Waals surface area contributed by atoms with Crippen molar-refractivity contribution in [2.45, 2.75) is 112 Å². The SMILES string of the molecule is C/C(=C\CC[C@@H](C)C1CC[C@@]2(C)C3=C(C(=O)C[C@]12C)[C@@]1(C)CC[C@H](O)C(C)(C)C1CC3)CO. The lowest BCUT2D eigenvalue weighted by Gasteiger charge is -2.61. The Morgan fingerprint density at radius 2 is 1.82 bits per heavy atom. The molecule has 3 nitrogen and oxygen atoms in total. The Hall–Kier alpha value is -0.930. The first-order chi connectivity index (χ1) is 15.3. The number of fused-ring (bicyclic) bond motifs is 4. The highest BCUT2D eigenvalue weighted by molar-refractivity contribution is 5.99. The molecule has 4 aliphatic rings. The third-order valence-corrected chi connectivity index (χ3v) is 11.6. The second kappa shape index (κ2) is 8.33. The summed E-state index contributed by atoms with van der Waals surface area (Å²) < 4.78 is 0. The minimum absolute atomic E-state index is 0.0327. The zero-order chi connectivity index (χ0) is 24.4. The fraction of sp³-hybridized carbons (Fsp3) is 0.833. The van der Waals surface area contributed by atoms with E-state index < -0.39 is 0 Å². The van der Waals surface area contributed by atoms with Gasteiger partial charge in [0, 0.05) is 12.0 Å². The van der Waals surface area contributed by atoms with Crippen LogP contribution in [0.15, 0.2) is 22.8 Å². The second-order valence-corrected chi connectivity index (χ2v) is 13.5. The molecule has 2 fully saturated rings. The number of hydrogen-bond acceptors (Lipinski definition) is 3. The van der Waals surface area contributed by atoms with Crippen molar-refractivity contribution in [2.75, 3.05) is 6.61 Å². The highest BCUT2D eigenvalue weighted by Gasteiger charge is 2.65. The molecule has 0 amide bonds. The Labute approximate surface area is 202 Å². The molecule has 0 aromatic heterocycles. The van der Waals surface area contributed by atoms with Gasteiger partial charge in [0.15, 0.2) is 5.78 Å². The van der Waals surface area contributed by atoms with Gasteiger partial charge in [-0.15, -0.1) is 0 Å². The van der Waals surface area contributed by atoms with Crippen LogP contribution in [0.4, 0.5) is 0 Å². The largest absolute Gasteiger partial charge is 0.393 e. The predicted molar refractivity (Wildman–Crippen MR) is 135 cm³/mol. The number of allylic oxidation sites excluding steroid dienone is 3. The maximum absolute atomic E-state index is 14.0. The molecule has 2 saturated carbocycles. The number of aliphatic hydroxyl groups is 2. The molecule has 33 heavy (non-hydrogen) atoms. The Bertz CT molecular complexity index is 866. The first-order valence-corrected chi connectivity index (χ1v) is 13.5. The van der Waals surface area contributed by atoms with Crippen LogP contribution < -0.4 is 0 Å². The number of carbonyl (C=O) groups excluding carboxylic acids is 1. The molecular formula is C30H48O3. The van der Waals surface area contributed by atoms with E-state index in [-0.39, 0.29) is 34.4 Å². The molecule has 4 rings (SSSR count). The zero-order valence-electron chi connectivity index (χ0n) is 22.3. The van der Waals surface area contributed by atoms with Crippen molar-refractivity contribution in [3.8, 4) is 0 Å². The van der Waals surface area contributed by atoms with E-state index in [2.05, 4.69) is 47.6 Å². The molecule has 0 aromatic rings. The second-order valence-electron chi connectivity index (χ2n) is 13.5. The van der Waals surface area contributed by atoms with Gasteiger partial charge < -0.3 is 10.2 Å². The highest BCUT2D eigenvalue weighted by Crippen LogP contribution is 2.71. The average molecular weight is 457 g/mol. The Kier molecular flexibility index (Phi) is 6.35. The molecule has 2 N–H and O–H groups in total. The summed E-state index contributed by atoms with van der Waals surface area (Å²) in [5.41, 5.74) is 3.66. The molecule has 0 aromatic carbocycles. The lowest BCUT2D eigenvalue weighted by Crippen LogP contribution is -2.57. The molecule has 0 spiro atoms. The number of rotatable bonds is 5. The van der Waals surface area contributed by atoms with Gasteiger partial charge in [0.05, 0.1) is 12.7 Å². The van der Waals surface area contributed by atoms with E-state index in [4.69, 9.17) is 0 Å². The Balaban J connectivity index is 1.67. The van der Waals surface area contributed by atoms with Crippen LogP contribution >= 0.6 is 0 Å². The predicted octanol–water partition coefficient (Wildman–Crippen LogP) is 6.63. The van der Waals surface area contributed by atoms with Crippen molar-refractivity contribution in [3.05, 3.63) is 22.8 Å². The summed E-state index contributed by atoms with van der Waals surface area (Å²) in [5.74, 6) is 1.94. The highest BCUT2D eigenvalue weighted by atomic mass is 16.3. The van der Waals surface area contributed by atoms with Gasteiger partial charge in [0.25, 0.3) is 0 Å². The molecule has 186 valence electrons. The maximum atomic E-state index is 14.0. The number of aliphatic hydroxyl groups excluding tert-OH is 2. The van der Waals surface area contributed by atoms with Crippen LogP contribution in [-0.4, -0.2) is 28.7 Å². The van der Waals surface area contributed by atoms with Gasteiger partial charge in [-0.25, -0.2) is 0 Å². The molecule has 2 unspecified atom stereocenters. The number of Topliss-reactive ketones (excluding diaryl/α,β-unsaturated/α-hetero) is 1. The van der Waals surface area contributed by atoms with Crippen molar-refractivity contribution >= 4 is 5.78 Å². The topological polar surface area (TPSA) is 57.5 Å². The minimum atomic E-state index is -0.266. The van der Waals surface area contributed by atoms with Gasteiger partial charge in [0.1, 0.15) is 0 Å². The van der Waals surface area contributed by atoms with E-state index >= 15 is 0 Å². The smallest absolute Gasteiger partial charge is 0.159 e. The van der Waals surface area contributed by atoms with E-state index in [1.54, 1.807) is 0 Å². The number of hydrogen-bond donors (Lipinski definition) is 2. The standard InChI is InChI=1S/C30H48O3/c1-19(18-31)9-8-10-20(2)21-13-16-29(6)22-11-12-24-27(3,4)25(33)14-15-28(24,5)26(22)23(32)17-30(21,29)7/h9,20-21,24-25,31,33H,8,10-18H2,1-7H3/b19-9+/t20-,21?,24?,25+,28+,29+,30-/m1/s1. The zero-order valence-corrected chi connectivity index (χ0v) is 22.3. The van der Waals surface area contributed by atoms with Crippen LogP contribution in [0.3, 0.4) is 0 Å². The van der Waals surface area contributed by atoms with Crippen molar-refractivity contribution in [3.63, 3.8) is 0 Å². The summed E-state index contributed by atoms with van der Waals surface area (Å²) in [6.45, 7) is 16.3. The van der Waals surface area contributed by atoms with Gasteiger partial charge in [-0.3, -0.25) is 4.79 Å². The summed E-state index contributed by atoms with van der Waals surface area (Å²) in [5, 5.41) is 20.1. The third kappa shape index (κ3) is 3.54. The van der Waals surface area contributed by atoms with E-state index in [1.165, 1.54) is 24.0 Å². The molecule has 0 heterocycles. The van der Waals surface area contributed by atoms with Crippen LogP contribution in [0.25, 0.3) is 0 Å². The summed E-state index contributed by atoms with van der Waals surface area (Å²) in [4.78, 5) is 14.0. The number of carbonyl (C=O) groups is 1. The molecule has 0 saturated heterocycles. The summed E-state index contributed by atoms with van der Waals surface area (Å²) >= 11 is 0. The lowest BCUT2D eigenvalue weighted by molar-refractivity contribution is -0.131. The Morgan fingerprint density at radius 3 is 2.48 bits per heavy atom. The fourth-order valence-corrected chi connectivity index (χ4v) is 9.29. The fourth-order valence-electron chi connectivity index (χ4n) is 9.29. The van der Waals surface area contributed by atoms with Crippen LogP contribution in [0.5, 0.6) is 0 Å². The van der Waals surface area contributed by atoms with Crippen LogP contribution in [0.2, 0.25) is 0 Å². The van der Waals surface area contributed by atoms with Gasteiger partial charge in [0.2, 0.25) is 0 Å². The van der Waals surface area contributed by atoms with Gasteiger partial charge in [-0.05, 0) is 97.7 Å². The van der Waals surface area contributed by atoms with Crippen molar-refractivity contribution in [1.29, 1.82) is 0 Å². The molecule has 7 atom stereocenters. The average Bonchev–Trinajstić information content (AvgIpc) is 3.02. The minimum Gasteiger partial charge on any atom is -0.393 e. The quantitative estimate of drug-likeness (QED) is 0.456.